The average molecular weight is 443 g/mol. The first kappa shape index (κ1) is 21.5. The second-order valence-electron chi connectivity index (χ2n) is 7.86. The van der Waals surface area contributed by atoms with Gasteiger partial charge in [0.05, 0.1) is 11.4 Å². The number of piperidine rings is 1. The normalized spacial score (nSPS) is 17.5. The van der Waals surface area contributed by atoms with Crippen molar-refractivity contribution < 1.29 is 13.2 Å². The smallest absolute Gasteiger partial charge is 0.236 e. The van der Waals surface area contributed by atoms with E-state index in [-0.39, 0.29) is 11.9 Å². The number of aliphatic imine (C=N–C) groups is 1. The van der Waals surface area contributed by atoms with E-state index in [9.17, 15) is 8.42 Å². The third-order valence-electron chi connectivity index (χ3n) is 5.82. The van der Waals surface area contributed by atoms with E-state index in [2.05, 4.69) is 15.2 Å². The first-order valence-electron chi connectivity index (χ1n) is 10.8. The Morgan fingerprint density at radius 2 is 1.77 bits per heavy atom. The number of rotatable bonds is 6. The van der Waals surface area contributed by atoms with Crippen LogP contribution in [-0.2, 0) is 16.4 Å². The molecule has 0 unspecified atom stereocenters. The van der Waals surface area contributed by atoms with Gasteiger partial charge in [0.1, 0.15) is 11.9 Å². The fraction of sp³-hybridized carbons (Fsp3) is 0.435. The Labute approximate surface area is 184 Å². The SMILES string of the molecule is CN=C(NCCS(=O)(=O)N1CCc2ccccc21)N1CCC(Oc2ccccc2)CC1. The van der Waals surface area contributed by atoms with Gasteiger partial charge in [0, 0.05) is 46.1 Å². The van der Waals surface area contributed by atoms with Gasteiger partial charge < -0.3 is 15.0 Å². The summed E-state index contributed by atoms with van der Waals surface area (Å²) >= 11 is 0. The highest BCUT2D eigenvalue weighted by molar-refractivity contribution is 7.92. The highest BCUT2D eigenvalue weighted by Crippen LogP contribution is 2.29. The Morgan fingerprint density at radius 1 is 1.06 bits per heavy atom. The highest BCUT2D eigenvalue weighted by atomic mass is 32.2. The Balaban J connectivity index is 1.26. The van der Waals surface area contributed by atoms with Gasteiger partial charge in [-0.3, -0.25) is 9.30 Å². The van der Waals surface area contributed by atoms with Crippen molar-refractivity contribution in [2.45, 2.75) is 25.4 Å². The number of nitrogens with zero attached hydrogens (tertiary/aromatic N) is 3. The Morgan fingerprint density at radius 3 is 2.52 bits per heavy atom. The number of nitrogens with one attached hydrogen (secondary N) is 1. The number of sulfonamides is 1. The van der Waals surface area contributed by atoms with Gasteiger partial charge in [-0.1, -0.05) is 36.4 Å². The molecule has 0 saturated carbocycles. The van der Waals surface area contributed by atoms with Crippen LogP contribution in [-0.4, -0.2) is 64.4 Å². The number of fused-ring (bicyclic) bond motifs is 1. The summed E-state index contributed by atoms with van der Waals surface area (Å²) in [5.41, 5.74) is 1.91. The van der Waals surface area contributed by atoms with Crippen LogP contribution in [0.25, 0.3) is 0 Å². The summed E-state index contributed by atoms with van der Waals surface area (Å²) in [4.78, 5) is 6.53. The second-order valence-corrected chi connectivity index (χ2v) is 9.87. The first-order valence-corrected chi connectivity index (χ1v) is 12.4. The van der Waals surface area contributed by atoms with Crippen LogP contribution in [0.4, 0.5) is 5.69 Å². The third kappa shape index (κ3) is 5.12. The molecule has 2 aromatic rings. The Bertz CT molecular complexity index is 1000. The van der Waals surface area contributed by atoms with E-state index in [0.29, 0.717) is 13.1 Å². The second kappa shape index (κ2) is 9.60. The topological polar surface area (TPSA) is 74.2 Å². The molecule has 1 N–H and O–H groups in total. The quantitative estimate of drug-likeness (QED) is 0.550. The summed E-state index contributed by atoms with van der Waals surface area (Å²) in [6, 6.07) is 17.6. The molecule has 0 spiro atoms. The van der Waals surface area contributed by atoms with Gasteiger partial charge in [-0.2, -0.15) is 0 Å². The van der Waals surface area contributed by atoms with Gasteiger partial charge >= 0.3 is 0 Å². The largest absolute Gasteiger partial charge is 0.490 e. The van der Waals surface area contributed by atoms with Gasteiger partial charge in [0.2, 0.25) is 10.0 Å². The van der Waals surface area contributed by atoms with Gasteiger partial charge in [-0.05, 0) is 30.2 Å². The third-order valence-corrected chi connectivity index (χ3v) is 7.59. The van der Waals surface area contributed by atoms with E-state index < -0.39 is 10.0 Å². The van der Waals surface area contributed by atoms with Crippen molar-refractivity contribution in [2.75, 3.05) is 43.3 Å². The molecule has 2 heterocycles. The van der Waals surface area contributed by atoms with Crippen molar-refractivity contribution in [1.29, 1.82) is 0 Å². The number of ether oxygens (including phenoxy) is 1. The first-order chi connectivity index (χ1) is 15.1. The zero-order chi connectivity index (χ0) is 21.7. The minimum atomic E-state index is -3.37. The lowest BCUT2D eigenvalue weighted by molar-refractivity contribution is 0.129. The minimum Gasteiger partial charge on any atom is -0.490 e. The lowest BCUT2D eigenvalue weighted by atomic mass is 10.1. The van der Waals surface area contributed by atoms with E-state index in [1.54, 1.807) is 11.4 Å². The lowest BCUT2D eigenvalue weighted by Crippen LogP contribution is -2.48. The molecule has 2 aromatic carbocycles. The van der Waals surface area contributed by atoms with Crippen LogP contribution in [0.3, 0.4) is 0 Å². The molecule has 2 aliphatic rings. The van der Waals surface area contributed by atoms with E-state index in [1.807, 2.05) is 54.6 Å². The summed E-state index contributed by atoms with van der Waals surface area (Å²) in [5.74, 6) is 1.68. The van der Waals surface area contributed by atoms with E-state index in [1.165, 1.54) is 0 Å². The van der Waals surface area contributed by atoms with E-state index >= 15 is 0 Å². The number of benzene rings is 2. The van der Waals surface area contributed by atoms with E-state index in [4.69, 9.17) is 4.74 Å². The minimum absolute atomic E-state index is 0.0357. The molecule has 166 valence electrons. The molecule has 7 nitrogen and oxygen atoms in total. The maximum absolute atomic E-state index is 12.9. The van der Waals surface area contributed by atoms with Crippen LogP contribution >= 0.6 is 0 Å². The standard InChI is InChI=1S/C23H30N4O3S/c1-24-23(26-15-12-21(13-16-26)30-20-8-3-2-4-9-20)25-14-18-31(28,29)27-17-11-19-7-5-6-10-22(19)27/h2-10,21H,11-18H2,1H3,(H,24,25). The van der Waals surface area contributed by atoms with Gasteiger partial charge in [-0.25, -0.2) is 8.42 Å². The summed E-state index contributed by atoms with van der Waals surface area (Å²) < 4.78 is 33.3. The molecule has 1 saturated heterocycles. The van der Waals surface area contributed by atoms with Crippen molar-refractivity contribution >= 4 is 21.7 Å². The molecule has 4 rings (SSSR count). The van der Waals surface area contributed by atoms with Crippen LogP contribution in [0.5, 0.6) is 5.75 Å². The molecule has 0 radical (unpaired) electrons. The number of likely N-dealkylation sites (tertiary alicyclic amines) is 1. The highest BCUT2D eigenvalue weighted by Gasteiger charge is 2.29. The van der Waals surface area contributed by atoms with Crippen LogP contribution in [0.1, 0.15) is 18.4 Å². The summed E-state index contributed by atoms with van der Waals surface area (Å²) in [6.07, 6.45) is 2.76. The number of hydrogen-bond donors (Lipinski definition) is 1. The average Bonchev–Trinajstić information content (AvgIpc) is 3.23. The van der Waals surface area contributed by atoms with Crippen molar-refractivity contribution in [1.82, 2.24) is 10.2 Å². The number of guanidine groups is 1. The van der Waals surface area contributed by atoms with Crippen molar-refractivity contribution in [3.8, 4) is 5.75 Å². The maximum atomic E-state index is 12.9. The molecule has 2 aliphatic heterocycles. The van der Waals surface area contributed by atoms with Crippen molar-refractivity contribution in [2.24, 2.45) is 4.99 Å². The predicted octanol–water partition coefficient (Wildman–Crippen LogP) is 2.50. The predicted molar refractivity (Wildman–Crippen MR) is 124 cm³/mol. The van der Waals surface area contributed by atoms with Gasteiger partial charge in [0.25, 0.3) is 0 Å². The monoisotopic (exact) mass is 442 g/mol. The number of para-hydroxylation sites is 2. The summed E-state index contributed by atoms with van der Waals surface area (Å²) in [6.45, 7) is 2.49. The number of anilines is 1. The molecular formula is C23H30N4O3S. The molecule has 0 aliphatic carbocycles. The Hall–Kier alpha value is -2.74. The zero-order valence-corrected chi connectivity index (χ0v) is 18.7. The zero-order valence-electron chi connectivity index (χ0n) is 17.9. The van der Waals surface area contributed by atoms with Crippen LogP contribution in [0.2, 0.25) is 0 Å². The van der Waals surface area contributed by atoms with Crippen LogP contribution in [0, 0.1) is 0 Å². The summed E-state index contributed by atoms with van der Waals surface area (Å²) in [7, 11) is -1.64. The van der Waals surface area contributed by atoms with Crippen molar-refractivity contribution in [3.63, 3.8) is 0 Å². The fourth-order valence-corrected chi connectivity index (χ4v) is 5.64. The maximum Gasteiger partial charge on any atom is 0.236 e. The molecule has 1 fully saturated rings. The van der Waals surface area contributed by atoms with Crippen LogP contribution in [0.15, 0.2) is 59.6 Å². The summed E-state index contributed by atoms with van der Waals surface area (Å²) in [5, 5.41) is 3.24. The Kier molecular flexibility index (Phi) is 6.65. The van der Waals surface area contributed by atoms with Crippen LogP contribution < -0.4 is 14.4 Å². The van der Waals surface area contributed by atoms with Crippen molar-refractivity contribution in [3.05, 3.63) is 60.2 Å². The molecule has 8 heteroatoms. The van der Waals surface area contributed by atoms with Gasteiger partial charge in [0.15, 0.2) is 5.96 Å². The van der Waals surface area contributed by atoms with E-state index in [0.717, 1.165) is 55.3 Å². The molecule has 31 heavy (non-hydrogen) atoms. The molecular weight excluding hydrogens is 412 g/mol. The molecule has 0 bridgehead atoms. The van der Waals surface area contributed by atoms with Gasteiger partial charge in [-0.15, -0.1) is 0 Å². The molecule has 0 amide bonds. The molecule has 0 aromatic heterocycles. The lowest BCUT2D eigenvalue weighted by Gasteiger charge is -2.34. The fourth-order valence-electron chi connectivity index (χ4n) is 4.21. The molecule has 0 atom stereocenters. The number of hydrogen-bond acceptors (Lipinski definition) is 4.